The van der Waals surface area contributed by atoms with E-state index in [1.54, 1.807) is 11.3 Å². The minimum Gasteiger partial charge on any atom is -0.469 e. The van der Waals surface area contributed by atoms with E-state index in [0.717, 1.165) is 18.0 Å². The van der Waals surface area contributed by atoms with Gasteiger partial charge in [0, 0.05) is 28.9 Å². The van der Waals surface area contributed by atoms with Crippen LogP contribution in [-0.4, -0.2) is 43.7 Å². The molecule has 118 valence electrons. The maximum absolute atomic E-state index is 11.2. The summed E-state index contributed by atoms with van der Waals surface area (Å²) >= 11 is 1.69. The molecule has 5 heteroatoms. The molecule has 1 aliphatic rings. The van der Waals surface area contributed by atoms with Crippen LogP contribution in [0.3, 0.4) is 0 Å². The number of ether oxygens (including phenoxy) is 1. The number of nitrogens with zero attached hydrogens (tertiary/aromatic N) is 1. The van der Waals surface area contributed by atoms with Gasteiger partial charge in [0.1, 0.15) is 0 Å². The number of hydrogen-bond donors (Lipinski definition) is 1. The summed E-state index contributed by atoms with van der Waals surface area (Å²) in [6.45, 7) is 6.68. The summed E-state index contributed by atoms with van der Waals surface area (Å²) < 4.78 is 4.69. The number of methoxy groups -OCH3 is 1. The molecule has 0 aromatic carbocycles. The number of nitrogens with one attached hydrogen (secondary N) is 1. The molecule has 0 spiro atoms. The lowest BCUT2D eigenvalue weighted by Crippen LogP contribution is -2.42. The fourth-order valence-electron chi connectivity index (χ4n) is 2.72. The Labute approximate surface area is 131 Å². The molecular formula is C16H26N2O2S. The molecule has 1 aliphatic heterocycles. The Morgan fingerprint density at radius 3 is 2.76 bits per heavy atom. The van der Waals surface area contributed by atoms with Crippen LogP contribution in [0.15, 0.2) is 12.1 Å². The second-order valence-electron chi connectivity index (χ2n) is 5.70. The Balaban J connectivity index is 1.69. The number of piperidine rings is 1. The van der Waals surface area contributed by atoms with Crippen molar-refractivity contribution in [3.8, 4) is 0 Å². The largest absolute Gasteiger partial charge is 0.469 e. The molecule has 1 N–H and O–H groups in total. The molecule has 4 nitrogen and oxygen atoms in total. The molecule has 2 heterocycles. The smallest absolute Gasteiger partial charge is 0.310 e. The molecule has 1 atom stereocenters. The quantitative estimate of drug-likeness (QED) is 0.785. The molecule has 1 unspecified atom stereocenters. The van der Waals surface area contributed by atoms with E-state index in [0.29, 0.717) is 12.5 Å². The van der Waals surface area contributed by atoms with E-state index in [1.807, 2.05) is 6.07 Å². The first-order chi connectivity index (χ1) is 10.2. The zero-order valence-electron chi connectivity index (χ0n) is 13.1. The average molecular weight is 310 g/mol. The molecular weight excluding hydrogens is 284 g/mol. The zero-order valence-corrected chi connectivity index (χ0v) is 13.9. The second-order valence-corrected chi connectivity index (χ2v) is 6.95. The first-order valence-electron chi connectivity index (χ1n) is 7.78. The van der Waals surface area contributed by atoms with E-state index in [4.69, 9.17) is 0 Å². The Bertz CT molecular complexity index is 441. The lowest BCUT2D eigenvalue weighted by molar-refractivity contribution is -0.139. The molecule has 2 rings (SSSR count). The standard InChI is InChI=1S/C16H26N2O2S/c1-13(18-8-4-3-5-9-18)11-17-12-15-7-6-14(21-15)10-16(19)20-2/h6-7,13,17H,3-5,8-12H2,1-2H3. The molecule has 0 radical (unpaired) electrons. The van der Waals surface area contributed by atoms with Crippen LogP contribution in [-0.2, 0) is 22.5 Å². The van der Waals surface area contributed by atoms with E-state index in [1.165, 1.54) is 44.3 Å². The van der Waals surface area contributed by atoms with Gasteiger partial charge in [0.25, 0.3) is 0 Å². The van der Waals surface area contributed by atoms with Crippen LogP contribution in [0.25, 0.3) is 0 Å². The summed E-state index contributed by atoms with van der Waals surface area (Å²) in [6, 6.07) is 4.72. The van der Waals surface area contributed by atoms with Gasteiger partial charge in [-0.3, -0.25) is 9.69 Å². The summed E-state index contributed by atoms with van der Waals surface area (Å²) in [5.41, 5.74) is 0. The van der Waals surface area contributed by atoms with Gasteiger partial charge >= 0.3 is 5.97 Å². The van der Waals surface area contributed by atoms with E-state index in [2.05, 4.69) is 27.9 Å². The highest BCUT2D eigenvalue weighted by Crippen LogP contribution is 2.17. The maximum atomic E-state index is 11.2. The Morgan fingerprint density at radius 1 is 1.33 bits per heavy atom. The predicted molar refractivity (Wildman–Crippen MR) is 86.6 cm³/mol. The Hall–Kier alpha value is -0.910. The minimum absolute atomic E-state index is 0.171. The molecule has 1 fully saturated rings. The normalized spacial score (nSPS) is 17.6. The topological polar surface area (TPSA) is 41.6 Å². The van der Waals surface area contributed by atoms with Crippen molar-refractivity contribution in [1.82, 2.24) is 10.2 Å². The molecule has 21 heavy (non-hydrogen) atoms. The number of esters is 1. The SMILES string of the molecule is COC(=O)Cc1ccc(CNCC(C)N2CCCCC2)s1. The fourth-order valence-corrected chi connectivity index (χ4v) is 3.69. The molecule has 1 aromatic rings. The van der Waals surface area contributed by atoms with Crippen molar-refractivity contribution in [2.75, 3.05) is 26.7 Å². The second kappa shape index (κ2) is 8.51. The summed E-state index contributed by atoms with van der Waals surface area (Å²) in [6.07, 6.45) is 4.44. The predicted octanol–water partition coefficient (Wildman–Crippen LogP) is 2.43. The summed E-state index contributed by atoms with van der Waals surface area (Å²) in [7, 11) is 1.43. The van der Waals surface area contributed by atoms with Gasteiger partial charge in [-0.2, -0.15) is 0 Å². The fraction of sp³-hybridized carbons (Fsp3) is 0.688. The molecule has 0 bridgehead atoms. The van der Waals surface area contributed by atoms with Gasteiger partial charge in [-0.15, -0.1) is 11.3 Å². The van der Waals surface area contributed by atoms with Gasteiger partial charge in [0.05, 0.1) is 13.5 Å². The number of carbonyl (C=O) groups is 1. The van der Waals surface area contributed by atoms with Crippen LogP contribution in [0.2, 0.25) is 0 Å². The monoisotopic (exact) mass is 310 g/mol. The van der Waals surface area contributed by atoms with Crippen LogP contribution in [0.1, 0.15) is 35.9 Å². The number of rotatable bonds is 7. The van der Waals surface area contributed by atoms with Gasteiger partial charge in [0.2, 0.25) is 0 Å². The van der Waals surface area contributed by atoms with Gasteiger partial charge in [-0.1, -0.05) is 6.42 Å². The van der Waals surface area contributed by atoms with Crippen molar-refractivity contribution in [2.24, 2.45) is 0 Å². The number of carbonyl (C=O) groups excluding carboxylic acids is 1. The van der Waals surface area contributed by atoms with E-state index >= 15 is 0 Å². The molecule has 1 aromatic heterocycles. The van der Waals surface area contributed by atoms with Crippen LogP contribution in [0, 0.1) is 0 Å². The van der Waals surface area contributed by atoms with E-state index in [-0.39, 0.29) is 5.97 Å². The highest BCUT2D eigenvalue weighted by molar-refractivity contribution is 7.12. The summed E-state index contributed by atoms with van der Waals surface area (Å²) in [5, 5.41) is 3.53. The Kier molecular flexibility index (Phi) is 6.67. The number of thiophene rings is 1. The van der Waals surface area contributed by atoms with Crippen molar-refractivity contribution in [1.29, 1.82) is 0 Å². The third-order valence-electron chi connectivity index (χ3n) is 4.02. The summed E-state index contributed by atoms with van der Waals surface area (Å²) in [4.78, 5) is 16.2. The van der Waals surface area contributed by atoms with Crippen LogP contribution in [0.5, 0.6) is 0 Å². The molecule has 0 amide bonds. The first kappa shape index (κ1) is 16.5. The lowest BCUT2D eigenvalue weighted by Gasteiger charge is -2.32. The van der Waals surface area contributed by atoms with E-state index in [9.17, 15) is 4.79 Å². The summed E-state index contributed by atoms with van der Waals surface area (Å²) in [5.74, 6) is -0.171. The van der Waals surface area contributed by atoms with Gasteiger partial charge in [0.15, 0.2) is 0 Å². The van der Waals surface area contributed by atoms with Crippen LogP contribution >= 0.6 is 11.3 Å². The Morgan fingerprint density at radius 2 is 2.05 bits per heavy atom. The highest BCUT2D eigenvalue weighted by Gasteiger charge is 2.16. The average Bonchev–Trinajstić information content (AvgIpc) is 2.95. The third kappa shape index (κ3) is 5.41. The van der Waals surface area contributed by atoms with Crippen molar-refractivity contribution in [2.45, 2.75) is 45.2 Å². The molecule has 0 aliphatic carbocycles. The molecule has 1 saturated heterocycles. The third-order valence-corrected chi connectivity index (χ3v) is 5.10. The van der Waals surface area contributed by atoms with Crippen molar-refractivity contribution in [3.63, 3.8) is 0 Å². The van der Waals surface area contributed by atoms with Crippen molar-refractivity contribution < 1.29 is 9.53 Å². The van der Waals surface area contributed by atoms with E-state index < -0.39 is 0 Å². The van der Waals surface area contributed by atoms with Gasteiger partial charge in [-0.25, -0.2) is 0 Å². The lowest BCUT2D eigenvalue weighted by atomic mass is 10.1. The highest BCUT2D eigenvalue weighted by atomic mass is 32.1. The van der Waals surface area contributed by atoms with Crippen molar-refractivity contribution in [3.05, 3.63) is 21.9 Å². The van der Waals surface area contributed by atoms with Crippen LogP contribution in [0.4, 0.5) is 0 Å². The van der Waals surface area contributed by atoms with Crippen LogP contribution < -0.4 is 5.32 Å². The first-order valence-corrected chi connectivity index (χ1v) is 8.60. The maximum Gasteiger partial charge on any atom is 0.310 e. The zero-order chi connectivity index (χ0) is 15.1. The number of likely N-dealkylation sites (tertiary alicyclic amines) is 1. The number of hydrogen-bond acceptors (Lipinski definition) is 5. The molecule has 0 saturated carbocycles. The van der Waals surface area contributed by atoms with Gasteiger partial charge < -0.3 is 10.1 Å². The van der Waals surface area contributed by atoms with Gasteiger partial charge in [-0.05, 0) is 45.0 Å². The minimum atomic E-state index is -0.171. The van der Waals surface area contributed by atoms with Crippen molar-refractivity contribution >= 4 is 17.3 Å².